The molecular weight excluding hydrogens is 328 g/mol. The van der Waals surface area contributed by atoms with Crippen LogP contribution < -0.4 is 5.43 Å². The average molecular weight is 340 g/mol. The van der Waals surface area contributed by atoms with Crippen molar-refractivity contribution in [2.75, 3.05) is 0 Å². The number of fused-ring (bicyclic) bond motifs is 2. The van der Waals surface area contributed by atoms with Crippen LogP contribution >= 0.6 is 0 Å². The Bertz CT molecular complexity index is 1310. The zero-order valence-corrected chi connectivity index (χ0v) is 13.5. The maximum Gasteiger partial charge on any atom is 0.209 e. The minimum Gasteiger partial charge on any atom is -0.345 e. The molecule has 0 atom stereocenters. The lowest BCUT2D eigenvalue weighted by Crippen LogP contribution is -2.10. The summed E-state index contributed by atoms with van der Waals surface area (Å²) in [5.74, 6) is 0.549. The van der Waals surface area contributed by atoms with Crippen LogP contribution in [0.3, 0.4) is 0 Å². The lowest BCUT2D eigenvalue weighted by molar-refractivity contribution is 0.846. The van der Waals surface area contributed by atoms with Crippen LogP contribution in [0.15, 0.2) is 72.0 Å². The fraction of sp³-hybridized carbons (Fsp3) is 0. The van der Waals surface area contributed by atoms with Crippen LogP contribution in [0, 0.1) is 0 Å². The van der Waals surface area contributed by atoms with Crippen LogP contribution in [0.5, 0.6) is 0 Å². The van der Waals surface area contributed by atoms with Crippen molar-refractivity contribution in [1.82, 2.24) is 29.7 Å². The summed E-state index contributed by atoms with van der Waals surface area (Å²) < 4.78 is 1.64. The monoisotopic (exact) mass is 340 g/mol. The number of H-pyrrole nitrogens is 1. The molecule has 1 N–H and O–H groups in total. The van der Waals surface area contributed by atoms with Gasteiger partial charge in [-0.25, -0.2) is 14.6 Å². The Hall–Kier alpha value is -3.87. The highest BCUT2D eigenvalue weighted by molar-refractivity contribution is 5.86. The predicted octanol–water partition coefficient (Wildman–Crippen LogP) is 2.72. The molecule has 0 saturated carbocycles. The number of pyridine rings is 2. The number of rotatable bonds is 2. The molecule has 26 heavy (non-hydrogen) atoms. The first-order chi connectivity index (χ1) is 12.8. The Morgan fingerprint density at radius 3 is 2.85 bits per heavy atom. The van der Waals surface area contributed by atoms with E-state index >= 15 is 0 Å². The molecule has 0 aliphatic rings. The molecule has 0 unspecified atom stereocenters. The van der Waals surface area contributed by atoms with E-state index in [2.05, 4.69) is 25.0 Å². The van der Waals surface area contributed by atoms with Crippen LogP contribution in [-0.2, 0) is 0 Å². The molecule has 0 fully saturated rings. The van der Waals surface area contributed by atoms with Crippen LogP contribution in [0.1, 0.15) is 0 Å². The number of hydrogen-bond donors (Lipinski definition) is 1. The third-order valence-corrected chi connectivity index (χ3v) is 4.16. The quantitative estimate of drug-likeness (QED) is 0.534. The van der Waals surface area contributed by atoms with Crippen molar-refractivity contribution in [3.05, 3.63) is 77.5 Å². The van der Waals surface area contributed by atoms with Gasteiger partial charge in [0.15, 0.2) is 17.0 Å². The van der Waals surface area contributed by atoms with E-state index in [1.165, 1.54) is 6.07 Å². The van der Waals surface area contributed by atoms with Gasteiger partial charge in [0.1, 0.15) is 5.69 Å². The largest absolute Gasteiger partial charge is 0.345 e. The van der Waals surface area contributed by atoms with E-state index in [9.17, 15) is 4.79 Å². The molecule has 7 nitrogen and oxygen atoms in total. The third-order valence-electron chi connectivity index (χ3n) is 4.16. The highest BCUT2D eigenvalue weighted by Crippen LogP contribution is 2.27. The second kappa shape index (κ2) is 5.59. The average Bonchev–Trinajstić information content (AvgIpc) is 3.22. The van der Waals surface area contributed by atoms with Crippen molar-refractivity contribution in [1.29, 1.82) is 0 Å². The predicted molar refractivity (Wildman–Crippen MR) is 98.0 cm³/mol. The molecule has 4 aromatic heterocycles. The van der Waals surface area contributed by atoms with Gasteiger partial charge < -0.3 is 4.98 Å². The molecular formula is C19H12N6O. The highest BCUT2D eigenvalue weighted by Gasteiger charge is 2.15. The molecule has 0 aliphatic carbocycles. The van der Waals surface area contributed by atoms with Crippen molar-refractivity contribution in [3.63, 3.8) is 0 Å². The van der Waals surface area contributed by atoms with E-state index in [0.717, 1.165) is 16.5 Å². The first kappa shape index (κ1) is 14.5. The van der Waals surface area contributed by atoms with Gasteiger partial charge in [0.05, 0.1) is 5.52 Å². The van der Waals surface area contributed by atoms with Crippen LogP contribution in [0.25, 0.3) is 39.1 Å². The third kappa shape index (κ3) is 2.26. The first-order valence-electron chi connectivity index (χ1n) is 8.04. The Balaban J connectivity index is 1.85. The maximum absolute atomic E-state index is 12.2. The molecule has 5 aromatic rings. The molecule has 5 rings (SSSR count). The number of nitrogens with one attached hydrogen (secondary N) is 1. The van der Waals surface area contributed by atoms with Gasteiger partial charge in [0.25, 0.3) is 0 Å². The molecule has 0 radical (unpaired) electrons. The topological polar surface area (TPSA) is 89.4 Å². The summed E-state index contributed by atoms with van der Waals surface area (Å²) in [6.07, 6.45) is 6.79. The van der Waals surface area contributed by atoms with Gasteiger partial charge in [-0.15, -0.1) is 0 Å². The summed E-state index contributed by atoms with van der Waals surface area (Å²) in [7, 11) is 0. The molecule has 0 bridgehead atoms. The normalized spacial score (nSPS) is 11.2. The number of aromatic amines is 1. The Morgan fingerprint density at radius 2 is 1.96 bits per heavy atom. The zero-order chi connectivity index (χ0) is 17.5. The molecule has 1 aromatic carbocycles. The van der Waals surface area contributed by atoms with Gasteiger partial charge in [-0.2, -0.15) is 5.10 Å². The van der Waals surface area contributed by atoms with E-state index in [1.54, 1.807) is 29.5 Å². The van der Waals surface area contributed by atoms with Gasteiger partial charge in [0, 0.05) is 41.8 Å². The summed E-state index contributed by atoms with van der Waals surface area (Å²) >= 11 is 0. The molecule has 124 valence electrons. The molecule has 0 saturated heterocycles. The number of aromatic nitrogens is 6. The van der Waals surface area contributed by atoms with E-state index in [0.29, 0.717) is 22.7 Å². The van der Waals surface area contributed by atoms with Crippen LogP contribution in [-0.4, -0.2) is 29.7 Å². The fourth-order valence-electron chi connectivity index (χ4n) is 2.94. The smallest absolute Gasteiger partial charge is 0.209 e. The highest BCUT2D eigenvalue weighted by atomic mass is 16.1. The summed E-state index contributed by atoms with van der Waals surface area (Å²) in [5, 5.41) is 5.26. The SMILES string of the molecule is O=c1cc[nH]c2nc(-n3cccn3)c(-c3ccc4ncccc4c3)nc12. The summed E-state index contributed by atoms with van der Waals surface area (Å²) in [5.41, 5.74) is 2.86. The van der Waals surface area contributed by atoms with Crippen LogP contribution in [0.4, 0.5) is 0 Å². The van der Waals surface area contributed by atoms with Gasteiger partial charge in [-0.05, 0) is 24.3 Å². The Morgan fingerprint density at radius 1 is 1.00 bits per heavy atom. The van der Waals surface area contributed by atoms with Gasteiger partial charge >= 0.3 is 0 Å². The minimum atomic E-state index is -0.179. The second-order valence-electron chi connectivity index (χ2n) is 5.80. The number of nitrogens with zero attached hydrogens (tertiary/aromatic N) is 5. The maximum atomic E-state index is 12.2. The molecule has 0 spiro atoms. The standard InChI is InChI=1S/C19H12N6O/c26-15-6-9-21-18-17(15)23-16(19(24-18)25-10-2-8-22-25)13-4-5-14-12(11-13)3-1-7-20-14/h1-11H,(H,21,24,26). The molecule has 0 amide bonds. The lowest BCUT2D eigenvalue weighted by atomic mass is 10.1. The first-order valence-corrected chi connectivity index (χ1v) is 8.04. The second-order valence-corrected chi connectivity index (χ2v) is 5.80. The van der Waals surface area contributed by atoms with Crippen molar-refractivity contribution < 1.29 is 0 Å². The summed E-state index contributed by atoms with van der Waals surface area (Å²) in [6, 6.07) is 13.0. The van der Waals surface area contributed by atoms with Gasteiger partial charge in [-0.3, -0.25) is 9.78 Å². The van der Waals surface area contributed by atoms with Crippen molar-refractivity contribution in [2.24, 2.45) is 0 Å². The van der Waals surface area contributed by atoms with Crippen LogP contribution in [0.2, 0.25) is 0 Å². The molecule has 0 aliphatic heterocycles. The van der Waals surface area contributed by atoms with E-state index in [1.807, 2.05) is 36.4 Å². The number of benzene rings is 1. The van der Waals surface area contributed by atoms with Crippen molar-refractivity contribution in [2.45, 2.75) is 0 Å². The Labute approximate surface area is 147 Å². The molecule has 4 heterocycles. The minimum absolute atomic E-state index is 0.179. The van der Waals surface area contributed by atoms with Gasteiger partial charge in [0.2, 0.25) is 5.43 Å². The van der Waals surface area contributed by atoms with Crippen molar-refractivity contribution in [3.8, 4) is 17.1 Å². The van der Waals surface area contributed by atoms with E-state index in [-0.39, 0.29) is 5.43 Å². The van der Waals surface area contributed by atoms with E-state index < -0.39 is 0 Å². The van der Waals surface area contributed by atoms with Crippen molar-refractivity contribution >= 4 is 22.1 Å². The Kier molecular flexibility index (Phi) is 3.11. The van der Waals surface area contributed by atoms with Gasteiger partial charge in [-0.1, -0.05) is 12.1 Å². The number of hydrogen-bond acceptors (Lipinski definition) is 5. The summed E-state index contributed by atoms with van der Waals surface area (Å²) in [4.78, 5) is 28.8. The lowest BCUT2D eigenvalue weighted by Gasteiger charge is -2.10. The zero-order valence-electron chi connectivity index (χ0n) is 13.5. The van der Waals surface area contributed by atoms with E-state index in [4.69, 9.17) is 0 Å². The molecule has 7 heteroatoms. The summed E-state index contributed by atoms with van der Waals surface area (Å²) in [6.45, 7) is 0. The fourth-order valence-corrected chi connectivity index (χ4v) is 2.94.